The first-order valence-electron chi connectivity index (χ1n) is 6.28. The summed E-state index contributed by atoms with van der Waals surface area (Å²) in [6.07, 6.45) is 0.274. The fourth-order valence-electron chi connectivity index (χ4n) is 1.59. The Kier molecular flexibility index (Phi) is 6.33. The Labute approximate surface area is 118 Å². The summed E-state index contributed by atoms with van der Waals surface area (Å²) in [5.74, 6) is 0.878. The number of methoxy groups -OCH3 is 1. The zero-order valence-corrected chi connectivity index (χ0v) is 11.7. The number of amides is 1. The molecule has 108 valence electrons. The first kappa shape index (κ1) is 15.8. The summed E-state index contributed by atoms with van der Waals surface area (Å²) in [5.41, 5.74) is 6.65. The van der Waals surface area contributed by atoms with Crippen molar-refractivity contribution in [3.8, 4) is 17.6 Å². The standard InChI is InChI=1S/C14H19N3O3/c1-10(16)12-5-4-11(19-2)8-13(12)20-9-14(18)17-7-3-6-15/h4-5,8,10H,3,7,9,16H2,1-2H3,(H,17,18)/t10-/m0/s1. The van der Waals surface area contributed by atoms with Gasteiger partial charge in [0.25, 0.3) is 5.91 Å². The van der Waals surface area contributed by atoms with Crippen LogP contribution in [-0.4, -0.2) is 26.2 Å². The Hall–Kier alpha value is -2.26. The molecule has 1 rings (SSSR count). The average Bonchev–Trinajstić information content (AvgIpc) is 2.44. The third-order valence-electron chi connectivity index (χ3n) is 2.63. The summed E-state index contributed by atoms with van der Waals surface area (Å²) >= 11 is 0. The lowest BCUT2D eigenvalue weighted by Crippen LogP contribution is -2.29. The zero-order chi connectivity index (χ0) is 15.0. The van der Waals surface area contributed by atoms with Gasteiger partial charge in [0.05, 0.1) is 19.6 Å². The van der Waals surface area contributed by atoms with Crippen molar-refractivity contribution in [3.63, 3.8) is 0 Å². The number of benzene rings is 1. The van der Waals surface area contributed by atoms with Gasteiger partial charge in [0.1, 0.15) is 11.5 Å². The monoisotopic (exact) mass is 277 g/mol. The van der Waals surface area contributed by atoms with Crippen molar-refractivity contribution < 1.29 is 14.3 Å². The van der Waals surface area contributed by atoms with Crippen LogP contribution in [0.3, 0.4) is 0 Å². The van der Waals surface area contributed by atoms with Gasteiger partial charge in [-0.25, -0.2) is 0 Å². The number of hydrogen-bond donors (Lipinski definition) is 2. The fourth-order valence-corrected chi connectivity index (χ4v) is 1.59. The average molecular weight is 277 g/mol. The quantitative estimate of drug-likeness (QED) is 0.728. The van der Waals surface area contributed by atoms with E-state index in [1.54, 1.807) is 19.2 Å². The van der Waals surface area contributed by atoms with Gasteiger partial charge in [0, 0.05) is 24.2 Å². The molecule has 3 N–H and O–H groups in total. The highest BCUT2D eigenvalue weighted by Gasteiger charge is 2.11. The first-order chi connectivity index (χ1) is 9.58. The number of nitriles is 1. The van der Waals surface area contributed by atoms with Gasteiger partial charge in [-0.1, -0.05) is 6.07 Å². The maximum atomic E-state index is 11.5. The SMILES string of the molecule is COc1ccc([C@H](C)N)c(OCC(=O)NCCC#N)c1. The smallest absolute Gasteiger partial charge is 0.257 e. The molecule has 6 heteroatoms. The maximum absolute atomic E-state index is 11.5. The molecule has 1 atom stereocenters. The minimum Gasteiger partial charge on any atom is -0.497 e. The second-order valence-corrected chi connectivity index (χ2v) is 4.24. The van der Waals surface area contributed by atoms with Crippen LogP contribution in [0.2, 0.25) is 0 Å². The number of carbonyl (C=O) groups excluding carboxylic acids is 1. The lowest BCUT2D eigenvalue weighted by Gasteiger charge is -2.15. The highest BCUT2D eigenvalue weighted by molar-refractivity contribution is 5.77. The predicted molar refractivity (Wildman–Crippen MR) is 74.3 cm³/mol. The van der Waals surface area contributed by atoms with Crippen molar-refractivity contribution in [2.24, 2.45) is 5.73 Å². The Morgan fingerprint density at radius 2 is 2.30 bits per heavy atom. The van der Waals surface area contributed by atoms with Crippen molar-refractivity contribution in [2.75, 3.05) is 20.3 Å². The van der Waals surface area contributed by atoms with Gasteiger partial charge in [0.15, 0.2) is 6.61 Å². The molecule has 0 spiro atoms. The Morgan fingerprint density at radius 3 is 2.90 bits per heavy atom. The molecule has 0 bridgehead atoms. The van der Waals surface area contributed by atoms with Gasteiger partial charge in [-0.05, 0) is 13.0 Å². The molecule has 1 aromatic carbocycles. The summed E-state index contributed by atoms with van der Waals surface area (Å²) in [5, 5.41) is 11.0. The summed E-state index contributed by atoms with van der Waals surface area (Å²) < 4.78 is 10.6. The molecular weight excluding hydrogens is 258 g/mol. The lowest BCUT2D eigenvalue weighted by atomic mass is 10.1. The third-order valence-corrected chi connectivity index (χ3v) is 2.63. The number of ether oxygens (including phenoxy) is 2. The van der Waals surface area contributed by atoms with E-state index in [1.807, 2.05) is 19.1 Å². The minimum atomic E-state index is -0.279. The number of hydrogen-bond acceptors (Lipinski definition) is 5. The van der Waals surface area contributed by atoms with Crippen LogP contribution in [0, 0.1) is 11.3 Å². The summed E-state index contributed by atoms with van der Waals surface area (Å²) in [6.45, 7) is 2.02. The molecular formula is C14H19N3O3. The van der Waals surface area contributed by atoms with Gasteiger partial charge in [0.2, 0.25) is 0 Å². The number of nitrogens with zero attached hydrogens (tertiary/aromatic N) is 1. The van der Waals surface area contributed by atoms with Crippen molar-refractivity contribution >= 4 is 5.91 Å². The van der Waals surface area contributed by atoms with E-state index in [-0.39, 0.29) is 25.0 Å². The lowest BCUT2D eigenvalue weighted by molar-refractivity contribution is -0.123. The maximum Gasteiger partial charge on any atom is 0.257 e. The summed E-state index contributed by atoms with van der Waals surface area (Å²) in [6, 6.07) is 7.03. The number of nitrogens with one attached hydrogen (secondary N) is 1. The minimum absolute atomic E-state index is 0.127. The van der Waals surface area contributed by atoms with E-state index in [4.69, 9.17) is 20.5 Å². The molecule has 0 heterocycles. The molecule has 0 aromatic heterocycles. The first-order valence-corrected chi connectivity index (χ1v) is 6.28. The molecule has 0 unspecified atom stereocenters. The van der Waals surface area contributed by atoms with Crippen LogP contribution in [0.5, 0.6) is 11.5 Å². The molecule has 0 radical (unpaired) electrons. The van der Waals surface area contributed by atoms with Gasteiger partial charge in [-0.2, -0.15) is 5.26 Å². The van der Waals surface area contributed by atoms with Crippen molar-refractivity contribution in [1.29, 1.82) is 5.26 Å². The Bertz CT molecular complexity index is 495. The van der Waals surface area contributed by atoms with E-state index in [0.717, 1.165) is 5.56 Å². The Morgan fingerprint density at radius 1 is 1.55 bits per heavy atom. The molecule has 6 nitrogen and oxygen atoms in total. The zero-order valence-electron chi connectivity index (χ0n) is 11.7. The molecule has 0 saturated carbocycles. The molecule has 0 aliphatic heterocycles. The third kappa shape index (κ3) is 4.78. The van der Waals surface area contributed by atoms with Crippen molar-refractivity contribution in [2.45, 2.75) is 19.4 Å². The van der Waals surface area contributed by atoms with Crippen LogP contribution >= 0.6 is 0 Å². The fraction of sp³-hybridized carbons (Fsp3) is 0.429. The molecule has 1 amide bonds. The molecule has 0 saturated heterocycles. The van der Waals surface area contributed by atoms with Crippen LogP contribution in [0.25, 0.3) is 0 Å². The van der Waals surface area contributed by atoms with E-state index < -0.39 is 0 Å². The van der Waals surface area contributed by atoms with Gasteiger partial charge in [-0.15, -0.1) is 0 Å². The number of nitrogens with two attached hydrogens (primary N) is 1. The van der Waals surface area contributed by atoms with Gasteiger partial charge >= 0.3 is 0 Å². The van der Waals surface area contributed by atoms with E-state index in [0.29, 0.717) is 18.0 Å². The van der Waals surface area contributed by atoms with Crippen LogP contribution in [0.1, 0.15) is 24.9 Å². The molecule has 1 aromatic rings. The molecule has 0 aliphatic carbocycles. The predicted octanol–water partition coefficient (Wildman–Crippen LogP) is 1.12. The van der Waals surface area contributed by atoms with Crippen molar-refractivity contribution in [3.05, 3.63) is 23.8 Å². The van der Waals surface area contributed by atoms with Gasteiger partial charge < -0.3 is 20.5 Å². The van der Waals surface area contributed by atoms with Crippen LogP contribution in [-0.2, 0) is 4.79 Å². The molecule has 0 fully saturated rings. The topological polar surface area (TPSA) is 97.4 Å². The summed E-state index contributed by atoms with van der Waals surface area (Å²) in [4.78, 5) is 11.5. The normalized spacial score (nSPS) is 11.3. The van der Waals surface area contributed by atoms with Crippen LogP contribution in [0.15, 0.2) is 18.2 Å². The van der Waals surface area contributed by atoms with Crippen LogP contribution in [0.4, 0.5) is 0 Å². The highest BCUT2D eigenvalue weighted by atomic mass is 16.5. The second kappa shape index (κ2) is 8.02. The molecule has 20 heavy (non-hydrogen) atoms. The van der Waals surface area contributed by atoms with Gasteiger partial charge in [-0.3, -0.25) is 4.79 Å². The highest BCUT2D eigenvalue weighted by Crippen LogP contribution is 2.28. The van der Waals surface area contributed by atoms with E-state index in [2.05, 4.69) is 5.32 Å². The Balaban J connectivity index is 2.66. The van der Waals surface area contributed by atoms with E-state index >= 15 is 0 Å². The number of carbonyl (C=O) groups is 1. The number of rotatable bonds is 7. The van der Waals surface area contributed by atoms with Crippen LogP contribution < -0.4 is 20.5 Å². The van der Waals surface area contributed by atoms with Crippen molar-refractivity contribution in [1.82, 2.24) is 5.32 Å². The van der Waals surface area contributed by atoms with E-state index in [1.165, 1.54) is 0 Å². The van der Waals surface area contributed by atoms with E-state index in [9.17, 15) is 4.79 Å². The summed E-state index contributed by atoms with van der Waals surface area (Å²) in [7, 11) is 1.55. The molecule has 0 aliphatic rings. The second-order valence-electron chi connectivity index (χ2n) is 4.24. The largest absolute Gasteiger partial charge is 0.497 e.